The van der Waals surface area contributed by atoms with Gasteiger partial charge in [-0.3, -0.25) is 0 Å². The SMILES string of the molecule is CC(C)CNC(=S)NC(C)c1ccc(Br)cc1. The summed E-state index contributed by atoms with van der Waals surface area (Å²) in [4.78, 5) is 0. The number of thiocarbonyl (C=S) groups is 1. The van der Waals surface area contributed by atoms with E-state index >= 15 is 0 Å². The number of hydrogen-bond donors (Lipinski definition) is 2. The number of nitrogens with one attached hydrogen (secondary N) is 2. The molecule has 0 aliphatic rings. The third-order valence-corrected chi connectivity index (χ3v) is 3.18. The Kier molecular flexibility index (Phi) is 5.92. The van der Waals surface area contributed by atoms with Crippen LogP contribution in [0.25, 0.3) is 0 Å². The Morgan fingerprint density at radius 1 is 1.24 bits per heavy atom. The molecule has 94 valence electrons. The average molecular weight is 315 g/mol. The normalized spacial score (nSPS) is 12.3. The van der Waals surface area contributed by atoms with Gasteiger partial charge in [0.05, 0.1) is 6.04 Å². The van der Waals surface area contributed by atoms with Crippen LogP contribution in [0.5, 0.6) is 0 Å². The summed E-state index contributed by atoms with van der Waals surface area (Å²) < 4.78 is 1.09. The first-order valence-electron chi connectivity index (χ1n) is 5.79. The summed E-state index contributed by atoms with van der Waals surface area (Å²) >= 11 is 8.67. The largest absolute Gasteiger partial charge is 0.362 e. The van der Waals surface area contributed by atoms with Crippen molar-refractivity contribution >= 4 is 33.3 Å². The van der Waals surface area contributed by atoms with Gasteiger partial charge in [-0.15, -0.1) is 0 Å². The molecular weight excluding hydrogens is 296 g/mol. The first-order chi connectivity index (χ1) is 7.99. The Labute approximate surface area is 117 Å². The van der Waals surface area contributed by atoms with Crippen LogP contribution >= 0.6 is 28.1 Å². The van der Waals surface area contributed by atoms with E-state index in [4.69, 9.17) is 12.2 Å². The van der Waals surface area contributed by atoms with Gasteiger partial charge in [-0.2, -0.15) is 0 Å². The molecule has 2 N–H and O–H groups in total. The summed E-state index contributed by atoms with van der Waals surface area (Å²) in [6.45, 7) is 7.33. The van der Waals surface area contributed by atoms with E-state index in [1.807, 2.05) is 12.1 Å². The maximum Gasteiger partial charge on any atom is 0.166 e. The molecule has 0 amide bonds. The first kappa shape index (κ1) is 14.5. The van der Waals surface area contributed by atoms with Crippen LogP contribution in [0.15, 0.2) is 28.7 Å². The monoisotopic (exact) mass is 314 g/mol. The Hall–Kier alpha value is -0.610. The highest BCUT2D eigenvalue weighted by atomic mass is 79.9. The standard InChI is InChI=1S/C13H19BrN2S/c1-9(2)8-15-13(17)16-10(3)11-4-6-12(14)7-5-11/h4-7,9-10H,8H2,1-3H3,(H2,15,16,17). The molecule has 0 aliphatic carbocycles. The van der Waals surface area contributed by atoms with Crippen LogP contribution in [-0.2, 0) is 0 Å². The zero-order valence-corrected chi connectivity index (χ0v) is 12.9. The summed E-state index contributed by atoms with van der Waals surface area (Å²) in [6.07, 6.45) is 0. The van der Waals surface area contributed by atoms with Crippen molar-refractivity contribution in [3.63, 3.8) is 0 Å². The summed E-state index contributed by atoms with van der Waals surface area (Å²) in [5.74, 6) is 0.595. The van der Waals surface area contributed by atoms with E-state index in [1.165, 1.54) is 5.56 Å². The lowest BCUT2D eigenvalue weighted by Gasteiger charge is -2.18. The molecule has 0 aromatic heterocycles. The third kappa shape index (κ3) is 5.50. The molecule has 0 bridgehead atoms. The maximum atomic E-state index is 5.24. The lowest BCUT2D eigenvalue weighted by atomic mass is 10.1. The molecule has 1 aromatic carbocycles. The van der Waals surface area contributed by atoms with Gasteiger partial charge in [0, 0.05) is 11.0 Å². The number of halogens is 1. The Bertz CT molecular complexity index is 362. The predicted octanol–water partition coefficient (Wildman–Crippen LogP) is 3.63. The number of hydrogen-bond acceptors (Lipinski definition) is 1. The second-order valence-corrected chi connectivity index (χ2v) is 5.85. The van der Waals surface area contributed by atoms with Crippen LogP contribution in [0, 0.1) is 5.92 Å². The van der Waals surface area contributed by atoms with E-state index in [1.54, 1.807) is 0 Å². The van der Waals surface area contributed by atoms with Crippen molar-refractivity contribution in [3.8, 4) is 0 Å². The third-order valence-electron chi connectivity index (χ3n) is 2.39. The molecule has 1 atom stereocenters. The van der Waals surface area contributed by atoms with E-state index in [-0.39, 0.29) is 6.04 Å². The van der Waals surface area contributed by atoms with Crippen molar-refractivity contribution in [2.45, 2.75) is 26.8 Å². The number of benzene rings is 1. The summed E-state index contributed by atoms with van der Waals surface area (Å²) in [5.41, 5.74) is 1.22. The molecule has 0 fully saturated rings. The minimum Gasteiger partial charge on any atom is -0.362 e. The fourth-order valence-corrected chi connectivity index (χ4v) is 1.90. The fourth-order valence-electron chi connectivity index (χ4n) is 1.38. The molecule has 0 aliphatic heterocycles. The maximum absolute atomic E-state index is 5.24. The van der Waals surface area contributed by atoms with Crippen molar-refractivity contribution in [3.05, 3.63) is 34.3 Å². The van der Waals surface area contributed by atoms with Crippen molar-refractivity contribution < 1.29 is 0 Å². The van der Waals surface area contributed by atoms with Gasteiger partial charge in [0.15, 0.2) is 5.11 Å². The summed E-state index contributed by atoms with van der Waals surface area (Å²) in [7, 11) is 0. The molecule has 2 nitrogen and oxygen atoms in total. The van der Waals surface area contributed by atoms with Crippen LogP contribution in [0.4, 0.5) is 0 Å². The van der Waals surface area contributed by atoms with Gasteiger partial charge in [0.1, 0.15) is 0 Å². The quantitative estimate of drug-likeness (QED) is 0.830. The Morgan fingerprint density at radius 3 is 2.35 bits per heavy atom. The van der Waals surface area contributed by atoms with Crippen LogP contribution in [0.1, 0.15) is 32.4 Å². The second-order valence-electron chi connectivity index (χ2n) is 4.52. The Balaban J connectivity index is 2.46. The zero-order chi connectivity index (χ0) is 12.8. The van der Waals surface area contributed by atoms with Crippen LogP contribution < -0.4 is 10.6 Å². The zero-order valence-electron chi connectivity index (χ0n) is 10.5. The predicted molar refractivity (Wildman–Crippen MR) is 81.1 cm³/mol. The van der Waals surface area contributed by atoms with Crippen LogP contribution in [0.3, 0.4) is 0 Å². The lowest BCUT2D eigenvalue weighted by molar-refractivity contribution is 0.609. The average Bonchev–Trinajstić information content (AvgIpc) is 2.27. The Morgan fingerprint density at radius 2 is 1.82 bits per heavy atom. The van der Waals surface area contributed by atoms with Gasteiger partial charge in [-0.25, -0.2) is 0 Å². The molecule has 0 saturated carbocycles. The minimum atomic E-state index is 0.218. The number of rotatable bonds is 4. The highest BCUT2D eigenvalue weighted by Gasteiger charge is 2.06. The molecule has 1 rings (SSSR count). The lowest BCUT2D eigenvalue weighted by Crippen LogP contribution is -2.38. The van der Waals surface area contributed by atoms with E-state index in [9.17, 15) is 0 Å². The van der Waals surface area contributed by atoms with E-state index < -0.39 is 0 Å². The first-order valence-corrected chi connectivity index (χ1v) is 6.99. The minimum absolute atomic E-state index is 0.218. The molecule has 0 radical (unpaired) electrons. The molecule has 0 saturated heterocycles. The fraction of sp³-hybridized carbons (Fsp3) is 0.462. The van der Waals surface area contributed by atoms with Crippen molar-refractivity contribution in [2.24, 2.45) is 5.92 Å². The van der Waals surface area contributed by atoms with Crippen molar-refractivity contribution in [1.82, 2.24) is 10.6 Å². The summed E-state index contributed by atoms with van der Waals surface area (Å²) in [6, 6.07) is 8.48. The van der Waals surface area contributed by atoms with Gasteiger partial charge >= 0.3 is 0 Å². The molecule has 4 heteroatoms. The van der Waals surface area contributed by atoms with Gasteiger partial charge in [0.25, 0.3) is 0 Å². The highest BCUT2D eigenvalue weighted by Crippen LogP contribution is 2.16. The van der Waals surface area contributed by atoms with E-state index in [0.29, 0.717) is 11.0 Å². The topological polar surface area (TPSA) is 24.1 Å². The molecule has 0 spiro atoms. The van der Waals surface area contributed by atoms with Gasteiger partial charge in [-0.1, -0.05) is 41.9 Å². The van der Waals surface area contributed by atoms with Crippen molar-refractivity contribution in [1.29, 1.82) is 0 Å². The molecule has 1 unspecified atom stereocenters. The summed E-state index contributed by atoms with van der Waals surface area (Å²) in [5, 5.41) is 7.20. The highest BCUT2D eigenvalue weighted by molar-refractivity contribution is 9.10. The second kappa shape index (κ2) is 6.97. The molecule has 1 aromatic rings. The van der Waals surface area contributed by atoms with Gasteiger partial charge < -0.3 is 10.6 Å². The van der Waals surface area contributed by atoms with Crippen molar-refractivity contribution in [2.75, 3.05) is 6.54 Å². The van der Waals surface area contributed by atoms with E-state index in [0.717, 1.165) is 11.0 Å². The smallest absolute Gasteiger partial charge is 0.166 e. The van der Waals surface area contributed by atoms with Crippen LogP contribution in [-0.4, -0.2) is 11.7 Å². The van der Waals surface area contributed by atoms with Gasteiger partial charge in [-0.05, 0) is 42.8 Å². The van der Waals surface area contributed by atoms with Crippen LogP contribution in [0.2, 0.25) is 0 Å². The molecule has 0 heterocycles. The molecular formula is C13H19BrN2S. The van der Waals surface area contributed by atoms with E-state index in [2.05, 4.69) is 59.5 Å². The van der Waals surface area contributed by atoms with Gasteiger partial charge in [0.2, 0.25) is 0 Å². The molecule has 17 heavy (non-hydrogen) atoms.